The summed E-state index contributed by atoms with van der Waals surface area (Å²) < 4.78 is 5.87. The zero-order chi connectivity index (χ0) is 35.0. The number of hydrogen-bond acceptors (Lipinski definition) is 0. The number of aromatic nitrogens is 2. The Morgan fingerprint density at radius 2 is 0.642 bits per heavy atom. The maximum absolute atomic E-state index is 3.86. The van der Waals surface area contributed by atoms with E-state index in [2.05, 4.69) is 213 Å². The SMILES string of the molecule is Brc1ccc2c(-c3cccc(-n4c5ccccc5c5ccccc54)c3)c3ccccc3c(-c3cccc(-n4c5ccccc5c5ccccc54)c3)c2c1. The average molecular weight is 740 g/mol. The van der Waals surface area contributed by atoms with Crippen molar-refractivity contribution in [1.29, 1.82) is 0 Å². The van der Waals surface area contributed by atoms with Gasteiger partial charge in [0.25, 0.3) is 0 Å². The minimum atomic E-state index is 1.06. The highest BCUT2D eigenvalue weighted by molar-refractivity contribution is 9.10. The molecule has 11 rings (SSSR count). The zero-order valence-electron chi connectivity index (χ0n) is 28.7. The van der Waals surface area contributed by atoms with Crippen LogP contribution < -0.4 is 0 Å². The van der Waals surface area contributed by atoms with E-state index in [1.165, 1.54) is 87.4 Å². The first-order valence-corrected chi connectivity index (χ1v) is 18.8. The normalized spacial score (nSPS) is 11.9. The van der Waals surface area contributed by atoms with E-state index in [1.54, 1.807) is 0 Å². The lowest BCUT2D eigenvalue weighted by Crippen LogP contribution is -1.96. The Kier molecular flexibility index (Phi) is 6.74. The highest BCUT2D eigenvalue weighted by Crippen LogP contribution is 2.46. The Hall–Kier alpha value is -6.42. The smallest absolute Gasteiger partial charge is 0.0541 e. The lowest BCUT2D eigenvalue weighted by molar-refractivity contribution is 1.18. The predicted octanol–water partition coefficient (Wildman–Crippen LogP) is 14.3. The lowest BCUT2D eigenvalue weighted by Gasteiger charge is -2.19. The van der Waals surface area contributed by atoms with Crippen molar-refractivity contribution in [3.05, 3.63) is 193 Å². The van der Waals surface area contributed by atoms with Crippen LogP contribution in [0.1, 0.15) is 0 Å². The standard InChI is InChI=1S/C50H31BrN2/c51-34-27-28-43-44(31-34)50(33-14-12-16-36(30-33)53-47-25-9-5-19-39(47)40-20-6-10-26-48(40)53)42-22-2-1-21-41(42)49(43)32-13-11-15-35(29-32)52-45-23-7-3-17-37(45)38-18-4-8-24-46(38)52/h1-31H. The monoisotopic (exact) mass is 738 g/mol. The summed E-state index contributed by atoms with van der Waals surface area (Å²) in [6, 6.07) is 68.7. The van der Waals surface area contributed by atoms with Gasteiger partial charge in [0, 0.05) is 37.4 Å². The van der Waals surface area contributed by atoms with Crippen molar-refractivity contribution in [1.82, 2.24) is 9.13 Å². The molecule has 0 amide bonds. The van der Waals surface area contributed by atoms with Crippen molar-refractivity contribution in [2.75, 3.05) is 0 Å². The molecule has 0 spiro atoms. The van der Waals surface area contributed by atoms with Crippen LogP contribution in [0.4, 0.5) is 0 Å². The first kappa shape index (κ1) is 30.2. The zero-order valence-corrected chi connectivity index (χ0v) is 30.3. The molecule has 9 aromatic carbocycles. The van der Waals surface area contributed by atoms with Gasteiger partial charge in [0.05, 0.1) is 22.1 Å². The summed E-state index contributed by atoms with van der Waals surface area (Å²) in [5, 5.41) is 9.97. The number of rotatable bonds is 4. The number of fused-ring (bicyclic) bond motifs is 8. The number of nitrogens with zero attached hydrogens (tertiary/aromatic N) is 2. The van der Waals surface area contributed by atoms with Crippen LogP contribution in [-0.2, 0) is 0 Å². The van der Waals surface area contributed by atoms with Gasteiger partial charge in [-0.1, -0.05) is 143 Å². The van der Waals surface area contributed by atoms with Gasteiger partial charge < -0.3 is 9.13 Å². The topological polar surface area (TPSA) is 9.86 Å². The lowest BCUT2D eigenvalue weighted by atomic mass is 9.86. The molecular formula is C50H31BrN2. The summed E-state index contributed by atoms with van der Waals surface area (Å²) >= 11 is 3.86. The van der Waals surface area contributed by atoms with E-state index in [-0.39, 0.29) is 0 Å². The second-order valence-electron chi connectivity index (χ2n) is 13.8. The minimum Gasteiger partial charge on any atom is -0.309 e. The first-order chi connectivity index (χ1) is 26.2. The van der Waals surface area contributed by atoms with E-state index < -0.39 is 0 Å². The van der Waals surface area contributed by atoms with Gasteiger partial charge in [0.2, 0.25) is 0 Å². The van der Waals surface area contributed by atoms with Crippen LogP contribution >= 0.6 is 15.9 Å². The quantitative estimate of drug-likeness (QED) is 0.159. The molecular weight excluding hydrogens is 708 g/mol. The highest BCUT2D eigenvalue weighted by atomic mass is 79.9. The summed E-state index contributed by atoms with van der Waals surface area (Å²) in [4.78, 5) is 0. The van der Waals surface area contributed by atoms with Gasteiger partial charge in [-0.05, 0) is 104 Å². The molecule has 0 bridgehead atoms. The molecule has 0 unspecified atom stereocenters. The van der Waals surface area contributed by atoms with Crippen molar-refractivity contribution < 1.29 is 0 Å². The fourth-order valence-corrected chi connectivity index (χ4v) is 9.14. The van der Waals surface area contributed by atoms with Crippen molar-refractivity contribution in [2.45, 2.75) is 0 Å². The van der Waals surface area contributed by atoms with Gasteiger partial charge in [0.15, 0.2) is 0 Å². The molecule has 2 nitrogen and oxygen atoms in total. The van der Waals surface area contributed by atoms with Crippen molar-refractivity contribution in [3.8, 4) is 33.6 Å². The second-order valence-corrected chi connectivity index (χ2v) is 14.7. The number of benzene rings is 9. The summed E-state index contributed by atoms with van der Waals surface area (Å²) in [6.45, 7) is 0. The maximum Gasteiger partial charge on any atom is 0.0541 e. The average Bonchev–Trinajstić information content (AvgIpc) is 3.73. The van der Waals surface area contributed by atoms with Gasteiger partial charge in [-0.25, -0.2) is 0 Å². The Balaban J connectivity index is 1.17. The third kappa shape index (κ3) is 4.57. The van der Waals surface area contributed by atoms with Crippen LogP contribution in [0.2, 0.25) is 0 Å². The molecule has 0 radical (unpaired) electrons. The van der Waals surface area contributed by atoms with Gasteiger partial charge in [-0.2, -0.15) is 0 Å². The molecule has 2 aromatic heterocycles. The second kappa shape index (κ2) is 11.8. The summed E-state index contributed by atoms with van der Waals surface area (Å²) in [5.41, 5.74) is 12.0. The van der Waals surface area contributed by atoms with Gasteiger partial charge in [-0.3, -0.25) is 0 Å². The maximum atomic E-state index is 3.86. The van der Waals surface area contributed by atoms with E-state index in [4.69, 9.17) is 0 Å². The highest BCUT2D eigenvalue weighted by Gasteiger charge is 2.20. The predicted molar refractivity (Wildman–Crippen MR) is 229 cm³/mol. The molecule has 11 aromatic rings. The van der Waals surface area contributed by atoms with E-state index in [0.29, 0.717) is 0 Å². The third-order valence-corrected chi connectivity index (χ3v) is 11.4. The Morgan fingerprint density at radius 1 is 0.283 bits per heavy atom. The van der Waals surface area contributed by atoms with Crippen molar-refractivity contribution in [2.24, 2.45) is 0 Å². The first-order valence-electron chi connectivity index (χ1n) is 18.0. The largest absolute Gasteiger partial charge is 0.309 e. The minimum absolute atomic E-state index is 1.06. The molecule has 0 fully saturated rings. The summed E-state index contributed by atoms with van der Waals surface area (Å²) in [6.07, 6.45) is 0. The Bertz CT molecular complexity index is 3150. The van der Waals surface area contributed by atoms with Crippen LogP contribution in [0.25, 0.3) is 98.8 Å². The number of halogens is 1. The summed E-state index contributed by atoms with van der Waals surface area (Å²) in [7, 11) is 0. The Labute approximate surface area is 314 Å². The molecule has 2 heterocycles. The van der Waals surface area contributed by atoms with Crippen molar-refractivity contribution >= 4 is 81.1 Å². The van der Waals surface area contributed by atoms with Crippen LogP contribution in [-0.4, -0.2) is 9.13 Å². The van der Waals surface area contributed by atoms with Crippen LogP contribution in [0.5, 0.6) is 0 Å². The van der Waals surface area contributed by atoms with E-state index >= 15 is 0 Å². The molecule has 0 saturated carbocycles. The van der Waals surface area contributed by atoms with E-state index in [0.717, 1.165) is 15.8 Å². The fourth-order valence-electron chi connectivity index (χ4n) is 8.78. The molecule has 0 atom stereocenters. The molecule has 0 N–H and O–H groups in total. The number of hydrogen-bond donors (Lipinski definition) is 0. The van der Waals surface area contributed by atoms with Crippen LogP contribution in [0.3, 0.4) is 0 Å². The van der Waals surface area contributed by atoms with Crippen LogP contribution in [0.15, 0.2) is 193 Å². The molecule has 0 saturated heterocycles. The molecule has 248 valence electrons. The molecule has 0 aliphatic heterocycles. The van der Waals surface area contributed by atoms with E-state index in [1.807, 2.05) is 0 Å². The molecule has 0 aliphatic rings. The summed E-state index contributed by atoms with van der Waals surface area (Å²) in [5.74, 6) is 0. The van der Waals surface area contributed by atoms with Crippen molar-refractivity contribution in [3.63, 3.8) is 0 Å². The van der Waals surface area contributed by atoms with Crippen LogP contribution in [0, 0.1) is 0 Å². The third-order valence-electron chi connectivity index (χ3n) is 10.9. The van der Waals surface area contributed by atoms with E-state index in [9.17, 15) is 0 Å². The van der Waals surface area contributed by atoms with Gasteiger partial charge >= 0.3 is 0 Å². The Morgan fingerprint density at radius 3 is 1.08 bits per heavy atom. The van der Waals surface area contributed by atoms with Gasteiger partial charge in [0.1, 0.15) is 0 Å². The number of para-hydroxylation sites is 4. The molecule has 0 aliphatic carbocycles. The molecule has 3 heteroatoms. The molecule has 53 heavy (non-hydrogen) atoms. The van der Waals surface area contributed by atoms with Gasteiger partial charge in [-0.15, -0.1) is 0 Å². The fraction of sp³-hybridized carbons (Fsp3) is 0.